The summed E-state index contributed by atoms with van der Waals surface area (Å²) in [6, 6.07) is 5.71. The lowest BCUT2D eigenvalue weighted by molar-refractivity contribution is 0.413. The normalized spacial score (nSPS) is 10.7. The Kier molecular flexibility index (Phi) is 2.33. The molecule has 0 spiro atoms. The molecule has 0 aromatic carbocycles. The van der Waals surface area contributed by atoms with Gasteiger partial charge in [-0.05, 0) is 18.2 Å². The fourth-order valence-electron chi connectivity index (χ4n) is 1.76. The van der Waals surface area contributed by atoms with Crippen LogP contribution in [0.5, 0.6) is 5.75 Å². The predicted octanol–water partition coefficient (Wildman–Crippen LogP) is 1.38. The van der Waals surface area contributed by atoms with E-state index in [1.54, 1.807) is 24.0 Å². The highest BCUT2D eigenvalue weighted by atomic mass is 16.5. The van der Waals surface area contributed by atoms with Gasteiger partial charge in [0, 0.05) is 23.5 Å². The second-order valence-electron chi connectivity index (χ2n) is 3.80. The van der Waals surface area contributed by atoms with Gasteiger partial charge in [-0.1, -0.05) is 0 Å². The number of hydrogen-bond acceptors (Lipinski definition) is 5. The molecule has 3 aromatic heterocycles. The van der Waals surface area contributed by atoms with E-state index >= 15 is 0 Å². The van der Waals surface area contributed by atoms with Crippen molar-refractivity contribution in [2.75, 3.05) is 12.8 Å². The van der Waals surface area contributed by atoms with Crippen molar-refractivity contribution in [1.29, 1.82) is 0 Å². The zero-order valence-electron chi connectivity index (χ0n) is 9.74. The summed E-state index contributed by atoms with van der Waals surface area (Å²) < 4.78 is 6.79. The minimum Gasteiger partial charge on any atom is -0.495 e. The molecule has 0 fully saturated rings. The molecule has 3 aromatic rings. The summed E-state index contributed by atoms with van der Waals surface area (Å²) >= 11 is 0. The Bertz CT molecular complexity index is 707. The molecular weight excluding hydrogens is 230 g/mol. The number of nitrogen functional groups attached to an aromatic ring is 1. The lowest BCUT2D eigenvalue weighted by Crippen LogP contribution is -1.91. The second-order valence-corrected chi connectivity index (χ2v) is 3.80. The summed E-state index contributed by atoms with van der Waals surface area (Å²) in [5.74, 6) is 0.974. The molecule has 3 heterocycles. The summed E-state index contributed by atoms with van der Waals surface area (Å²) in [5.41, 5.74) is 8.18. The molecule has 0 saturated carbocycles. The third-order valence-electron chi connectivity index (χ3n) is 2.63. The van der Waals surface area contributed by atoms with Gasteiger partial charge in [-0.3, -0.25) is 4.98 Å². The Labute approximate surface area is 103 Å². The highest BCUT2D eigenvalue weighted by molar-refractivity contribution is 5.65. The Morgan fingerprint density at radius 3 is 2.94 bits per heavy atom. The molecular formula is C12H11N5O. The van der Waals surface area contributed by atoms with E-state index in [1.165, 1.54) is 0 Å². The maximum absolute atomic E-state index is 5.55. The number of anilines is 1. The van der Waals surface area contributed by atoms with Crippen LogP contribution in [0.3, 0.4) is 0 Å². The van der Waals surface area contributed by atoms with E-state index in [0.717, 1.165) is 11.1 Å². The van der Waals surface area contributed by atoms with Gasteiger partial charge in [-0.25, -0.2) is 4.52 Å². The van der Waals surface area contributed by atoms with E-state index in [-0.39, 0.29) is 5.95 Å². The van der Waals surface area contributed by atoms with E-state index in [4.69, 9.17) is 10.5 Å². The number of nitrogens with two attached hydrogens (primary N) is 1. The van der Waals surface area contributed by atoms with Gasteiger partial charge < -0.3 is 10.5 Å². The van der Waals surface area contributed by atoms with Gasteiger partial charge in [0.25, 0.3) is 0 Å². The van der Waals surface area contributed by atoms with Crippen LogP contribution in [0.15, 0.2) is 36.8 Å². The molecule has 2 N–H and O–H groups in total. The number of fused-ring (bicyclic) bond motifs is 1. The number of rotatable bonds is 2. The van der Waals surface area contributed by atoms with E-state index in [0.29, 0.717) is 11.4 Å². The van der Waals surface area contributed by atoms with Crippen molar-refractivity contribution in [3.63, 3.8) is 0 Å². The molecule has 0 atom stereocenters. The Balaban J connectivity index is 2.12. The fourth-order valence-corrected chi connectivity index (χ4v) is 1.76. The molecule has 3 rings (SSSR count). The van der Waals surface area contributed by atoms with E-state index in [1.807, 2.05) is 24.4 Å². The molecule has 0 bridgehead atoms. The third kappa shape index (κ3) is 1.73. The highest BCUT2D eigenvalue weighted by Gasteiger charge is 2.04. The van der Waals surface area contributed by atoms with Gasteiger partial charge in [0.05, 0.1) is 13.3 Å². The number of hydrogen-bond donors (Lipinski definition) is 1. The van der Waals surface area contributed by atoms with Gasteiger partial charge in [-0.2, -0.15) is 4.98 Å². The third-order valence-corrected chi connectivity index (χ3v) is 2.63. The van der Waals surface area contributed by atoms with Crippen LogP contribution in [-0.4, -0.2) is 26.7 Å². The first-order valence-corrected chi connectivity index (χ1v) is 5.37. The molecule has 0 amide bonds. The Hall–Kier alpha value is -2.63. The van der Waals surface area contributed by atoms with Crippen molar-refractivity contribution in [2.24, 2.45) is 0 Å². The van der Waals surface area contributed by atoms with Gasteiger partial charge in [0.2, 0.25) is 5.95 Å². The molecule has 0 unspecified atom stereocenters. The first-order chi connectivity index (χ1) is 8.76. The smallest absolute Gasteiger partial charge is 0.240 e. The fraction of sp³-hybridized carbons (Fsp3) is 0.0833. The summed E-state index contributed by atoms with van der Waals surface area (Å²) in [6.07, 6.45) is 5.29. The van der Waals surface area contributed by atoms with Crippen molar-refractivity contribution in [1.82, 2.24) is 19.6 Å². The van der Waals surface area contributed by atoms with Crippen molar-refractivity contribution in [3.8, 4) is 16.9 Å². The monoisotopic (exact) mass is 241 g/mol. The largest absolute Gasteiger partial charge is 0.495 e. The molecule has 0 saturated heterocycles. The van der Waals surface area contributed by atoms with Crippen LogP contribution in [-0.2, 0) is 0 Å². The van der Waals surface area contributed by atoms with Gasteiger partial charge >= 0.3 is 0 Å². The molecule has 90 valence electrons. The van der Waals surface area contributed by atoms with Gasteiger partial charge in [0.15, 0.2) is 5.65 Å². The molecule has 6 heteroatoms. The summed E-state index contributed by atoms with van der Waals surface area (Å²) in [7, 11) is 1.61. The van der Waals surface area contributed by atoms with Crippen molar-refractivity contribution in [2.45, 2.75) is 0 Å². The number of methoxy groups -OCH3 is 1. The van der Waals surface area contributed by atoms with Crippen LogP contribution in [0.2, 0.25) is 0 Å². The minimum atomic E-state index is 0.260. The van der Waals surface area contributed by atoms with E-state index in [2.05, 4.69) is 15.1 Å². The molecule has 0 aliphatic carbocycles. The van der Waals surface area contributed by atoms with Crippen molar-refractivity contribution in [3.05, 3.63) is 36.8 Å². The number of ether oxygens (including phenoxy) is 1. The molecule has 0 aliphatic rings. The standard InChI is InChI=1S/C12H11N5O/c1-18-10-4-9(5-14-6-10)8-2-3-11-15-12(13)16-17(11)7-8/h2-7H,1H3,(H2,13,16). The predicted molar refractivity (Wildman–Crippen MR) is 67.2 cm³/mol. The minimum absolute atomic E-state index is 0.260. The average Bonchev–Trinajstić information content (AvgIpc) is 2.77. The number of nitrogens with zero attached hydrogens (tertiary/aromatic N) is 4. The Morgan fingerprint density at radius 2 is 2.11 bits per heavy atom. The Morgan fingerprint density at radius 1 is 1.22 bits per heavy atom. The lowest BCUT2D eigenvalue weighted by Gasteiger charge is -2.04. The molecule has 6 nitrogen and oxygen atoms in total. The molecule has 18 heavy (non-hydrogen) atoms. The van der Waals surface area contributed by atoms with E-state index < -0.39 is 0 Å². The van der Waals surface area contributed by atoms with Gasteiger partial charge in [0.1, 0.15) is 5.75 Å². The number of aromatic nitrogens is 4. The van der Waals surface area contributed by atoms with Crippen LogP contribution in [0.4, 0.5) is 5.95 Å². The topological polar surface area (TPSA) is 78.3 Å². The molecule has 0 aliphatic heterocycles. The van der Waals surface area contributed by atoms with Crippen LogP contribution in [0, 0.1) is 0 Å². The average molecular weight is 241 g/mol. The lowest BCUT2D eigenvalue weighted by atomic mass is 10.1. The quantitative estimate of drug-likeness (QED) is 0.733. The summed E-state index contributed by atoms with van der Waals surface area (Å²) in [4.78, 5) is 8.19. The zero-order chi connectivity index (χ0) is 12.5. The summed E-state index contributed by atoms with van der Waals surface area (Å²) in [5, 5.41) is 4.07. The maximum Gasteiger partial charge on any atom is 0.240 e. The zero-order valence-corrected chi connectivity index (χ0v) is 9.74. The van der Waals surface area contributed by atoms with Crippen LogP contribution in [0.25, 0.3) is 16.8 Å². The van der Waals surface area contributed by atoms with Crippen molar-refractivity contribution >= 4 is 11.6 Å². The highest BCUT2D eigenvalue weighted by Crippen LogP contribution is 2.22. The van der Waals surface area contributed by atoms with Crippen LogP contribution < -0.4 is 10.5 Å². The SMILES string of the molecule is COc1cncc(-c2ccc3nc(N)nn3c2)c1. The van der Waals surface area contributed by atoms with Crippen LogP contribution >= 0.6 is 0 Å². The van der Waals surface area contributed by atoms with Crippen molar-refractivity contribution < 1.29 is 4.74 Å². The van der Waals surface area contributed by atoms with Crippen LogP contribution in [0.1, 0.15) is 0 Å². The summed E-state index contributed by atoms with van der Waals surface area (Å²) in [6.45, 7) is 0. The van der Waals surface area contributed by atoms with Gasteiger partial charge in [-0.15, -0.1) is 5.10 Å². The van der Waals surface area contributed by atoms with E-state index in [9.17, 15) is 0 Å². The first kappa shape index (κ1) is 10.5. The maximum atomic E-state index is 5.55. The first-order valence-electron chi connectivity index (χ1n) is 5.37. The second kappa shape index (κ2) is 3.99. The number of pyridine rings is 2. The molecule has 0 radical (unpaired) electrons.